The number of hydrogen-bond acceptors (Lipinski definition) is 3. The zero-order chi connectivity index (χ0) is 12.5. The van der Waals surface area contributed by atoms with Gasteiger partial charge in [-0.3, -0.25) is 4.79 Å². The van der Waals surface area contributed by atoms with Gasteiger partial charge in [-0.1, -0.05) is 19.3 Å². The summed E-state index contributed by atoms with van der Waals surface area (Å²) in [5, 5.41) is 0.595. The van der Waals surface area contributed by atoms with Crippen molar-refractivity contribution in [3.05, 3.63) is 33.4 Å². The Labute approximate surface area is 113 Å². The van der Waals surface area contributed by atoms with Gasteiger partial charge in [0.15, 0.2) is 0 Å². The minimum Gasteiger partial charge on any atom is -0.313 e. The summed E-state index contributed by atoms with van der Waals surface area (Å²) in [6.07, 6.45) is 9.49. The maximum atomic E-state index is 11.8. The lowest BCUT2D eigenvalue weighted by Crippen LogP contribution is -2.19. The third-order valence-electron chi connectivity index (χ3n) is 3.58. The number of rotatable bonds is 1. The molecule has 2 aromatic heterocycles. The number of pyridine rings is 1. The predicted molar refractivity (Wildman–Crippen MR) is 73.6 cm³/mol. The molecule has 94 valence electrons. The molecule has 1 aliphatic rings. The molecule has 0 aliphatic heterocycles. The SMILES string of the molecule is O=c1ncn(C2CCCCC2)c2ncc(Br)cc12. The molecule has 0 aromatic carbocycles. The van der Waals surface area contributed by atoms with Crippen LogP contribution in [0.15, 0.2) is 27.9 Å². The molecular formula is C13H14BrN3O. The van der Waals surface area contributed by atoms with Gasteiger partial charge in [0.1, 0.15) is 12.0 Å². The first-order valence-electron chi connectivity index (χ1n) is 6.28. The molecule has 0 saturated heterocycles. The Bertz CT molecular complexity index is 632. The van der Waals surface area contributed by atoms with Crippen LogP contribution in [0.25, 0.3) is 11.0 Å². The molecule has 0 radical (unpaired) electrons. The van der Waals surface area contributed by atoms with Crippen molar-refractivity contribution in [2.45, 2.75) is 38.1 Å². The third-order valence-corrected chi connectivity index (χ3v) is 4.01. The lowest BCUT2D eigenvalue weighted by molar-refractivity contribution is 0.355. The molecule has 1 aliphatic carbocycles. The van der Waals surface area contributed by atoms with Crippen LogP contribution in [0.4, 0.5) is 0 Å². The van der Waals surface area contributed by atoms with E-state index in [0.717, 1.165) is 23.0 Å². The second kappa shape index (κ2) is 4.80. The molecule has 2 heterocycles. The maximum absolute atomic E-state index is 11.8. The van der Waals surface area contributed by atoms with Gasteiger partial charge >= 0.3 is 0 Å². The lowest BCUT2D eigenvalue weighted by atomic mass is 9.95. The molecule has 4 nitrogen and oxygen atoms in total. The average Bonchev–Trinajstić information content (AvgIpc) is 2.41. The largest absolute Gasteiger partial charge is 0.313 e. The van der Waals surface area contributed by atoms with Crippen LogP contribution in [0.3, 0.4) is 0 Å². The fourth-order valence-electron chi connectivity index (χ4n) is 2.66. The summed E-state index contributed by atoms with van der Waals surface area (Å²) < 4.78 is 2.89. The molecular weight excluding hydrogens is 294 g/mol. The predicted octanol–water partition coefficient (Wildman–Crippen LogP) is 3.06. The second-order valence-electron chi connectivity index (χ2n) is 4.77. The van der Waals surface area contributed by atoms with E-state index in [0.29, 0.717) is 11.4 Å². The maximum Gasteiger partial charge on any atom is 0.282 e. The molecule has 18 heavy (non-hydrogen) atoms. The van der Waals surface area contributed by atoms with E-state index in [9.17, 15) is 4.79 Å². The van der Waals surface area contributed by atoms with Crippen LogP contribution in [0.5, 0.6) is 0 Å². The van der Waals surface area contributed by atoms with Crippen LogP contribution in [-0.2, 0) is 0 Å². The molecule has 0 amide bonds. The van der Waals surface area contributed by atoms with Crippen molar-refractivity contribution < 1.29 is 0 Å². The number of aromatic nitrogens is 3. The lowest BCUT2D eigenvalue weighted by Gasteiger charge is -2.24. The smallest absolute Gasteiger partial charge is 0.282 e. The van der Waals surface area contributed by atoms with Crippen molar-refractivity contribution in [2.24, 2.45) is 0 Å². The van der Waals surface area contributed by atoms with Crippen molar-refractivity contribution in [3.8, 4) is 0 Å². The van der Waals surface area contributed by atoms with E-state index < -0.39 is 0 Å². The first kappa shape index (κ1) is 11.8. The van der Waals surface area contributed by atoms with E-state index in [-0.39, 0.29) is 5.56 Å². The molecule has 0 spiro atoms. The molecule has 1 fully saturated rings. The molecule has 3 rings (SSSR count). The van der Waals surface area contributed by atoms with Crippen LogP contribution < -0.4 is 5.56 Å². The normalized spacial score (nSPS) is 17.2. The number of nitrogens with zero attached hydrogens (tertiary/aromatic N) is 3. The van der Waals surface area contributed by atoms with Crippen molar-refractivity contribution >= 4 is 27.0 Å². The number of hydrogen-bond donors (Lipinski definition) is 0. The quantitative estimate of drug-likeness (QED) is 0.813. The van der Waals surface area contributed by atoms with Gasteiger partial charge in [-0.2, -0.15) is 4.98 Å². The highest BCUT2D eigenvalue weighted by atomic mass is 79.9. The van der Waals surface area contributed by atoms with E-state index in [4.69, 9.17) is 0 Å². The Morgan fingerprint density at radius 3 is 2.78 bits per heavy atom. The molecule has 1 saturated carbocycles. The van der Waals surface area contributed by atoms with Gasteiger partial charge in [-0.05, 0) is 34.8 Å². The first-order valence-corrected chi connectivity index (χ1v) is 7.07. The average molecular weight is 308 g/mol. The van der Waals surface area contributed by atoms with E-state index in [1.807, 2.05) is 0 Å². The summed E-state index contributed by atoms with van der Waals surface area (Å²) in [6, 6.07) is 2.24. The highest BCUT2D eigenvalue weighted by molar-refractivity contribution is 9.10. The van der Waals surface area contributed by atoms with Crippen molar-refractivity contribution in [3.63, 3.8) is 0 Å². The van der Waals surface area contributed by atoms with Gasteiger partial charge in [-0.25, -0.2) is 4.98 Å². The van der Waals surface area contributed by atoms with Crippen molar-refractivity contribution in [1.29, 1.82) is 0 Å². The minimum absolute atomic E-state index is 0.203. The summed E-state index contributed by atoms with van der Waals surface area (Å²) in [4.78, 5) is 20.1. The third kappa shape index (κ3) is 2.07. The van der Waals surface area contributed by atoms with E-state index in [1.165, 1.54) is 19.3 Å². The summed E-state index contributed by atoms with van der Waals surface area (Å²) >= 11 is 3.35. The molecule has 0 bridgehead atoms. The van der Waals surface area contributed by atoms with Gasteiger partial charge in [-0.15, -0.1) is 0 Å². The topological polar surface area (TPSA) is 47.8 Å². The molecule has 0 unspecified atom stereocenters. The Balaban J connectivity index is 2.17. The highest BCUT2D eigenvalue weighted by Crippen LogP contribution is 2.29. The summed E-state index contributed by atoms with van der Waals surface area (Å²) in [5.41, 5.74) is 0.552. The number of halogens is 1. The van der Waals surface area contributed by atoms with E-state index >= 15 is 0 Å². The molecule has 5 heteroatoms. The van der Waals surface area contributed by atoms with Gasteiger partial charge in [0.05, 0.1) is 5.39 Å². The summed E-state index contributed by atoms with van der Waals surface area (Å²) in [5.74, 6) is 0. The summed E-state index contributed by atoms with van der Waals surface area (Å²) in [7, 11) is 0. The molecule has 0 N–H and O–H groups in total. The first-order chi connectivity index (χ1) is 8.75. The van der Waals surface area contributed by atoms with Gasteiger partial charge in [0.2, 0.25) is 0 Å². The van der Waals surface area contributed by atoms with Gasteiger partial charge < -0.3 is 4.57 Å². The number of fused-ring (bicyclic) bond motifs is 1. The van der Waals surface area contributed by atoms with Crippen LogP contribution in [-0.4, -0.2) is 14.5 Å². The van der Waals surface area contributed by atoms with Crippen molar-refractivity contribution in [1.82, 2.24) is 14.5 Å². The van der Waals surface area contributed by atoms with Crippen LogP contribution in [0, 0.1) is 0 Å². The van der Waals surface area contributed by atoms with Crippen LogP contribution in [0.1, 0.15) is 38.1 Å². The van der Waals surface area contributed by atoms with Crippen LogP contribution >= 0.6 is 15.9 Å². The monoisotopic (exact) mass is 307 g/mol. The Morgan fingerprint density at radius 2 is 2.00 bits per heavy atom. The molecule has 0 atom stereocenters. The minimum atomic E-state index is -0.203. The zero-order valence-corrected chi connectivity index (χ0v) is 11.6. The molecule has 2 aromatic rings. The van der Waals surface area contributed by atoms with Crippen molar-refractivity contribution in [2.75, 3.05) is 0 Å². The second-order valence-corrected chi connectivity index (χ2v) is 5.69. The standard InChI is InChI=1S/C13H14BrN3O/c14-9-6-11-12(15-7-9)17(8-16-13(11)18)10-4-2-1-3-5-10/h6-8,10H,1-5H2. The highest BCUT2D eigenvalue weighted by Gasteiger charge is 2.17. The van der Waals surface area contributed by atoms with Gasteiger partial charge in [0.25, 0.3) is 5.56 Å². The Hall–Kier alpha value is -1.23. The Kier molecular flexibility index (Phi) is 3.16. The Morgan fingerprint density at radius 1 is 1.22 bits per heavy atom. The zero-order valence-electron chi connectivity index (χ0n) is 9.97. The van der Waals surface area contributed by atoms with E-state index in [1.54, 1.807) is 18.6 Å². The van der Waals surface area contributed by atoms with Gasteiger partial charge in [0, 0.05) is 16.7 Å². The fourth-order valence-corrected chi connectivity index (χ4v) is 2.99. The van der Waals surface area contributed by atoms with Crippen LogP contribution in [0.2, 0.25) is 0 Å². The van der Waals surface area contributed by atoms with E-state index in [2.05, 4.69) is 30.5 Å². The fraction of sp³-hybridized carbons (Fsp3) is 0.462. The summed E-state index contributed by atoms with van der Waals surface area (Å²) in [6.45, 7) is 0.